The van der Waals surface area contributed by atoms with E-state index in [2.05, 4.69) is 34.7 Å². The Morgan fingerprint density at radius 2 is 2.26 bits per heavy atom. The maximum Gasteiger partial charge on any atom is 0.226 e. The number of thiophene rings is 1. The number of aromatic nitrogens is 2. The Bertz CT molecular complexity index is 520. The van der Waals surface area contributed by atoms with Gasteiger partial charge in [0.05, 0.1) is 0 Å². The van der Waals surface area contributed by atoms with Gasteiger partial charge in [-0.1, -0.05) is 25.2 Å². The second-order valence-electron chi connectivity index (χ2n) is 4.78. The van der Waals surface area contributed by atoms with Crippen molar-refractivity contribution >= 4 is 33.7 Å². The molecule has 1 amide bonds. The molecule has 0 saturated heterocycles. The summed E-state index contributed by atoms with van der Waals surface area (Å²) in [5, 5.41) is 16.5. The highest BCUT2D eigenvalue weighted by molar-refractivity contribution is 7.15. The van der Waals surface area contributed by atoms with Crippen molar-refractivity contribution in [3.63, 3.8) is 0 Å². The van der Waals surface area contributed by atoms with E-state index >= 15 is 0 Å². The van der Waals surface area contributed by atoms with Crippen molar-refractivity contribution in [2.24, 2.45) is 5.92 Å². The van der Waals surface area contributed by atoms with Crippen LogP contribution in [0.1, 0.15) is 30.8 Å². The smallest absolute Gasteiger partial charge is 0.226 e. The molecule has 0 aliphatic carbocycles. The highest BCUT2D eigenvalue weighted by atomic mass is 32.1. The molecule has 0 fully saturated rings. The average Bonchev–Trinajstić information content (AvgIpc) is 2.97. The molecule has 2 aromatic heterocycles. The summed E-state index contributed by atoms with van der Waals surface area (Å²) in [6.45, 7) is 4.28. The monoisotopic (exact) mass is 295 g/mol. The van der Waals surface area contributed by atoms with Crippen molar-refractivity contribution in [3.8, 4) is 0 Å². The van der Waals surface area contributed by atoms with Gasteiger partial charge in [-0.3, -0.25) is 4.79 Å². The minimum Gasteiger partial charge on any atom is -0.301 e. The van der Waals surface area contributed by atoms with Crippen LogP contribution in [-0.4, -0.2) is 16.1 Å². The first-order valence-electron chi connectivity index (χ1n) is 6.27. The molecular weight excluding hydrogens is 278 g/mol. The molecule has 0 aromatic carbocycles. The van der Waals surface area contributed by atoms with Crippen molar-refractivity contribution in [3.05, 3.63) is 27.4 Å². The van der Waals surface area contributed by atoms with E-state index in [1.807, 2.05) is 11.4 Å². The summed E-state index contributed by atoms with van der Waals surface area (Å²) in [6, 6.07) is 2.05. The zero-order chi connectivity index (χ0) is 13.7. The number of carbonyl (C=O) groups excluding carboxylic acids is 1. The largest absolute Gasteiger partial charge is 0.301 e. The van der Waals surface area contributed by atoms with Crippen LogP contribution in [0.25, 0.3) is 0 Å². The molecule has 0 radical (unpaired) electrons. The van der Waals surface area contributed by atoms with Crippen LogP contribution < -0.4 is 5.32 Å². The third kappa shape index (κ3) is 4.72. The van der Waals surface area contributed by atoms with Gasteiger partial charge in [0.15, 0.2) is 0 Å². The standard InChI is InChI=1S/C13H17N3OS2/c1-9(2)7-12-15-16-13(19-12)14-11(17)4-3-10-5-6-18-8-10/h5-6,8-9H,3-4,7H2,1-2H3,(H,14,16,17). The molecule has 19 heavy (non-hydrogen) atoms. The van der Waals surface area contributed by atoms with Crippen molar-refractivity contribution in [1.29, 1.82) is 0 Å². The van der Waals surface area contributed by atoms with Gasteiger partial charge in [-0.2, -0.15) is 11.3 Å². The van der Waals surface area contributed by atoms with Crippen LogP contribution in [-0.2, 0) is 17.6 Å². The number of hydrogen-bond donors (Lipinski definition) is 1. The van der Waals surface area contributed by atoms with Crippen LogP contribution >= 0.6 is 22.7 Å². The molecule has 0 unspecified atom stereocenters. The van der Waals surface area contributed by atoms with Gasteiger partial charge in [0.2, 0.25) is 11.0 Å². The quantitative estimate of drug-likeness (QED) is 0.889. The Hall–Kier alpha value is -1.27. The first kappa shape index (κ1) is 14.1. The van der Waals surface area contributed by atoms with Gasteiger partial charge in [0.25, 0.3) is 0 Å². The van der Waals surface area contributed by atoms with Crippen molar-refractivity contribution < 1.29 is 4.79 Å². The number of hydrogen-bond acceptors (Lipinski definition) is 5. The maximum atomic E-state index is 11.8. The average molecular weight is 295 g/mol. The molecule has 0 spiro atoms. The number of aryl methyl sites for hydroxylation is 1. The molecule has 2 aromatic rings. The fourth-order valence-corrected chi connectivity index (χ4v) is 3.28. The van der Waals surface area contributed by atoms with Crippen LogP contribution in [0.4, 0.5) is 5.13 Å². The molecule has 0 aliphatic heterocycles. The molecule has 0 aliphatic rings. The van der Waals surface area contributed by atoms with Crippen LogP contribution in [0.2, 0.25) is 0 Å². The predicted octanol–water partition coefficient (Wildman–Crippen LogP) is 3.37. The zero-order valence-corrected chi connectivity index (χ0v) is 12.7. The molecule has 1 N–H and O–H groups in total. The molecular formula is C13H17N3OS2. The first-order valence-corrected chi connectivity index (χ1v) is 8.02. The van der Waals surface area contributed by atoms with E-state index in [0.717, 1.165) is 17.8 Å². The molecule has 0 saturated carbocycles. The lowest BCUT2D eigenvalue weighted by atomic mass is 10.1. The summed E-state index contributed by atoms with van der Waals surface area (Å²) >= 11 is 3.11. The SMILES string of the molecule is CC(C)Cc1nnc(NC(=O)CCc2ccsc2)s1. The lowest BCUT2D eigenvalue weighted by Crippen LogP contribution is -2.11. The van der Waals surface area contributed by atoms with E-state index in [1.54, 1.807) is 11.3 Å². The summed E-state index contributed by atoms with van der Waals surface area (Å²) in [5.41, 5.74) is 1.21. The molecule has 0 bridgehead atoms. The third-order valence-corrected chi connectivity index (χ3v) is 4.11. The third-order valence-electron chi connectivity index (χ3n) is 2.52. The summed E-state index contributed by atoms with van der Waals surface area (Å²) in [5.74, 6) is 0.550. The lowest BCUT2D eigenvalue weighted by Gasteiger charge is -2.00. The maximum absolute atomic E-state index is 11.8. The number of anilines is 1. The van der Waals surface area contributed by atoms with Crippen molar-refractivity contribution in [2.75, 3.05) is 5.32 Å². The fraction of sp³-hybridized carbons (Fsp3) is 0.462. The number of rotatable bonds is 6. The summed E-state index contributed by atoms with van der Waals surface area (Å²) in [4.78, 5) is 11.8. The number of nitrogens with zero attached hydrogens (tertiary/aromatic N) is 2. The predicted molar refractivity (Wildman–Crippen MR) is 79.7 cm³/mol. The van der Waals surface area contributed by atoms with Crippen LogP contribution in [0.15, 0.2) is 16.8 Å². The van der Waals surface area contributed by atoms with Gasteiger partial charge in [0.1, 0.15) is 5.01 Å². The van der Waals surface area contributed by atoms with E-state index in [-0.39, 0.29) is 5.91 Å². The van der Waals surface area contributed by atoms with Gasteiger partial charge >= 0.3 is 0 Å². The first-order chi connectivity index (χ1) is 9.13. The minimum atomic E-state index is -0.00144. The summed E-state index contributed by atoms with van der Waals surface area (Å²) in [6.07, 6.45) is 2.16. The normalized spacial score (nSPS) is 10.9. The Balaban J connectivity index is 1.80. The molecule has 4 nitrogen and oxygen atoms in total. The van der Waals surface area contributed by atoms with E-state index in [4.69, 9.17) is 0 Å². The molecule has 6 heteroatoms. The Labute approximate surface area is 120 Å². The van der Waals surface area contributed by atoms with Gasteiger partial charge in [-0.25, -0.2) is 0 Å². The highest BCUT2D eigenvalue weighted by Gasteiger charge is 2.09. The number of carbonyl (C=O) groups is 1. The van der Waals surface area contributed by atoms with Gasteiger partial charge < -0.3 is 5.32 Å². The number of nitrogens with one attached hydrogen (secondary N) is 1. The second kappa shape index (κ2) is 6.77. The van der Waals surface area contributed by atoms with Crippen LogP contribution in [0, 0.1) is 5.92 Å². The molecule has 102 valence electrons. The van der Waals surface area contributed by atoms with Crippen molar-refractivity contribution in [1.82, 2.24) is 10.2 Å². The molecule has 2 heterocycles. The van der Waals surface area contributed by atoms with E-state index in [1.165, 1.54) is 16.9 Å². The Kier molecular flexibility index (Phi) is 5.04. The topological polar surface area (TPSA) is 54.9 Å². The van der Waals surface area contributed by atoms with E-state index in [0.29, 0.717) is 17.5 Å². The minimum absolute atomic E-state index is 0.00144. The van der Waals surface area contributed by atoms with Crippen molar-refractivity contribution in [2.45, 2.75) is 33.1 Å². The summed E-state index contributed by atoms with van der Waals surface area (Å²) < 4.78 is 0. The Morgan fingerprint density at radius 1 is 1.42 bits per heavy atom. The highest BCUT2D eigenvalue weighted by Crippen LogP contribution is 2.18. The fourth-order valence-electron chi connectivity index (χ4n) is 1.61. The van der Waals surface area contributed by atoms with E-state index < -0.39 is 0 Å². The lowest BCUT2D eigenvalue weighted by molar-refractivity contribution is -0.116. The number of amides is 1. The second-order valence-corrected chi connectivity index (χ2v) is 6.62. The van der Waals surface area contributed by atoms with Gasteiger partial charge in [-0.05, 0) is 34.7 Å². The van der Waals surface area contributed by atoms with Crippen LogP contribution in [0.5, 0.6) is 0 Å². The Morgan fingerprint density at radius 3 is 2.95 bits per heavy atom. The molecule has 2 rings (SSSR count). The van der Waals surface area contributed by atoms with Crippen LogP contribution in [0.3, 0.4) is 0 Å². The van der Waals surface area contributed by atoms with Gasteiger partial charge in [-0.15, -0.1) is 10.2 Å². The molecule has 0 atom stereocenters. The van der Waals surface area contributed by atoms with Gasteiger partial charge in [0, 0.05) is 12.8 Å². The van der Waals surface area contributed by atoms with E-state index in [9.17, 15) is 4.79 Å². The summed E-state index contributed by atoms with van der Waals surface area (Å²) in [7, 11) is 0. The zero-order valence-electron chi connectivity index (χ0n) is 11.0.